The largest absolute Gasteiger partial charge is 0.481 e. The van der Waals surface area contributed by atoms with Gasteiger partial charge in [-0.25, -0.2) is 0 Å². The molecule has 3 unspecified atom stereocenters. The minimum absolute atomic E-state index is 0.0463. The molecule has 2 aromatic rings. The molecule has 7 heteroatoms. The van der Waals surface area contributed by atoms with Gasteiger partial charge in [-0.3, -0.25) is 4.79 Å². The van der Waals surface area contributed by atoms with E-state index in [2.05, 4.69) is 23.8 Å². The van der Waals surface area contributed by atoms with Crippen LogP contribution in [0.5, 0.6) is 0 Å². The molecule has 2 radical (unpaired) electrons. The lowest BCUT2D eigenvalue weighted by atomic mass is 9.98. The van der Waals surface area contributed by atoms with Crippen molar-refractivity contribution in [3.05, 3.63) is 44.8 Å². The molecule has 1 fully saturated rings. The SMILES string of the molecule is CC(CC(=O)O)c1ccsc1.CC(CCO)c1ccsc1.[B]C1CCCO1. The van der Waals surface area contributed by atoms with Crippen molar-refractivity contribution in [2.45, 2.75) is 57.4 Å². The second-order valence-electron chi connectivity index (χ2n) is 6.58. The van der Waals surface area contributed by atoms with E-state index in [9.17, 15) is 4.79 Å². The minimum Gasteiger partial charge on any atom is -0.481 e. The van der Waals surface area contributed by atoms with Gasteiger partial charge in [0.2, 0.25) is 0 Å². The molecule has 0 aliphatic carbocycles. The van der Waals surface area contributed by atoms with Crippen molar-refractivity contribution < 1.29 is 19.7 Å². The molecule has 0 aromatic carbocycles. The maximum absolute atomic E-state index is 10.3. The number of carbonyl (C=O) groups is 1. The van der Waals surface area contributed by atoms with Gasteiger partial charge in [0.1, 0.15) is 7.85 Å². The van der Waals surface area contributed by atoms with Crippen LogP contribution >= 0.6 is 22.7 Å². The maximum Gasteiger partial charge on any atom is 0.303 e. The van der Waals surface area contributed by atoms with Crippen molar-refractivity contribution in [3.63, 3.8) is 0 Å². The van der Waals surface area contributed by atoms with Crippen LogP contribution in [0.15, 0.2) is 33.7 Å². The smallest absolute Gasteiger partial charge is 0.303 e. The lowest BCUT2D eigenvalue weighted by molar-refractivity contribution is -0.137. The third-order valence-corrected chi connectivity index (χ3v) is 5.64. The van der Waals surface area contributed by atoms with Crippen LogP contribution < -0.4 is 0 Å². The fourth-order valence-electron chi connectivity index (χ4n) is 2.45. The van der Waals surface area contributed by atoms with Gasteiger partial charge in [0.25, 0.3) is 0 Å². The number of aliphatic hydroxyl groups is 1. The first-order valence-electron chi connectivity index (χ1n) is 9.18. The number of aliphatic hydroxyl groups excluding tert-OH is 1. The van der Waals surface area contributed by atoms with Crippen LogP contribution in [-0.2, 0) is 9.53 Å². The number of thiophene rings is 2. The number of hydrogen-bond acceptors (Lipinski definition) is 5. The van der Waals surface area contributed by atoms with Gasteiger partial charge in [0, 0.05) is 19.2 Å². The van der Waals surface area contributed by atoms with Crippen molar-refractivity contribution in [1.82, 2.24) is 0 Å². The highest BCUT2D eigenvalue weighted by Crippen LogP contribution is 2.21. The summed E-state index contributed by atoms with van der Waals surface area (Å²) < 4.78 is 4.93. The van der Waals surface area contributed by atoms with Crippen molar-refractivity contribution in [1.29, 1.82) is 0 Å². The zero-order valence-electron chi connectivity index (χ0n) is 16.0. The van der Waals surface area contributed by atoms with E-state index in [4.69, 9.17) is 22.8 Å². The number of ether oxygens (including phenoxy) is 1. The molecule has 0 amide bonds. The third-order valence-electron chi connectivity index (χ3n) is 4.23. The Labute approximate surface area is 171 Å². The fraction of sp³-hybridized carbons (Fsp3) is 0.550. The van der Waals surface area contributed by atoms with Gasteiger partial charge in [-0.2, -0.15) is 22.7 Å². The summed E-state index contributed by atoms with van der Waals surface area (Å²) in [6.45, 7) is 5.21. The van der Waals surface area contributed by atoms with Gasteiger partial charge >= 0.3 is 5.97 Å². The second kappa shape index (κ2) is 13.9. The van der Waals surface area contributed by atoms with E-state index >= 15 is 0 Å². The van der Waals surface area contributed by atoms with Crippen LogP contribution in [0.3, 0.4) is 0 Å². The van der Waals surface area contributed by atoms with Gasteiger partial charge in [0.05, 0.1) is 6.42 Å². The zero-order valence-corrected chi connectivity index (χ0v) is 17.7. The molecule has 148 valence electrons. The number of rotatable bonds is 6. The summed E-state index contributed by atoms with van der Waals surface area (Å²) in [5, 5.41) is 25.3. The van der Waals surface area contributed by atoms with Crippen molar-refractivity contribution in [3.8, 4) is 0 Å². The number of hydrogen-bond donors (Lipinski definition) is 2. The van der Waals surface area contributed by atoms with E-state index in [1.54, 1.807) is 22.7 Å². The molecule has 3 atom stereocenters. The Hall–Kier alpha value is -1.15. The quantitative estimate of drug-likeness (QED) is 0.671. The lowest BCUT2D eigenvalue weighted by Gasteiger charge is -2.05. The molecule has 4 nitrogen and oxygen atoms in total. The molecule has 0 saturated carbocycles. The van der Waals surface area contributed by atoms with E-state index in [0.29, 0.717) is 5.92 Å². The summed E-state index contributed by atoms with van der Waals surface area (Å²) in [4.78, 5) is 10.3. The summed E-state index contributed by atoms with van der Waals surface area (Å²) in [6, 6.07) is 4.13. The molecule has 1 aliphatic rings. The van der Waals surface area contributed by atoms with E-state index in [0.717, 1.165) is 31.4 Å². The molecule has 0 spiro atoms. The van der Waals surface area contributed by atoms with Gasteiger partial charge < -0.3 is 14.9 Å². The fourth-order valence-corrected chi connectivity index (χ4v) is 4.02. The molecule has 1 aliphatic heterocycles. The lowest BCUT2D eigenvalue weighted by Crippen LogP contribution is -2.01. The Bertz CT molecular complexity index is 596. The Balaban J connectivity index is 0.000000211. The first-order chi connectivity index (χ1) is 12.9. The van der Waals surface area contributed by atoms with Gasteiger partial charge in [0.15, 0.2) is 0 Å². The molecule has 2 N–H and O–H groups in total. The second-order valence-corrected chi connectivity index (χ2v) is 8.14. The van der Waals surface area contributed by atoms with Crippen LogP contribution in [0, 0.1) is 0 Å². The van der Waals surface area contributed by atoms with E-state index in [1.165, 1.54) is 5.56 Å². The predicted molar refractivity (Wildman–Crippen MR) is 114 cm³/mol. The van der Waals surface area contributed by atoms with Crippen LogP contribution in [0.25, 0.3) is 0 Å². The van der Waals surface area contributed by atoms with Crippen LogP contribution in [0.4, 0.5) is 0 Å². The normalized spacial score (nSPS) is 17.8. The average molecular weight is 408 g/mol. The van der Waals surface area contributed by atoms with Gasteiger partial charge in [-0.1, -0.05) is 13.8 Å². The summed E-state index contributed by atoms with van der Waals surface area (Å²) in [5.41, 5.74) is 2.47. The molecule has 0 bridgehead atoms. The van der Waals surface area contributed by atoms with Crippen molar-refractivity contribution >= 4 is 36.5 Å². The van der Waals surface area contributed by atoms with Gasteiger partial charge in [-0.05, 0) is 75.9 Å². The minimum atomic E-state index is -0.733. The molecule has 3 heterocycles. The van der Waals surface area contributed by atoms with Crippen LogP contribution in [0.2, 0.25) is 0 Å². The summed E-state index contributed by atoms with van der Waals surface area (Å²) in [6.07, 6.45) is 3.27. The molecule has 3 rings (SSSR count). The molecular weight excluding hydrogens is 379 g/mol. The summed E-state index contributed by atoms with van der Waals surface area (Å²) >= 11 is 3.31. The Kier molecular flexibility index (Phi) is 12.3. The summed E-state index contributed by atoms with van der Waals surface area (Å²) in [5.74, 6) is -0.0845. The van der Waals surface area contributed by atoms with Crippen LogP contribution in [-0.4, -0.2) is 43.2 Å². The topological polar surface area (TPSA) is 66.8 Å². The Morgan fingerprint density at radius 3 is 2.15 bits per heavy atom. The average Bonchev–Trinajstić information content (AvgIpc) is 3.39. The summed E-state index contributed by atoms with van der Waals surface area (Å²) in [7, 11) is 5.31. The van der Waals surface area contributed by atoms with E-state index in [1.807, 2.05) is 23.8 Å². The van der Waals surface area contributed by atoms with E-state index < -0.39 is 5.97 Å². The first kappa shape index (κ1) is 23.9. The Morgan fingerprint density at radius 1 is 1.22 bits per heavy atom. The number of carboxylic acid groups (broad SMARTS) is 1. The highest BCUT2D eigenvalue weighted by Gasteiger charge is 2.09. The molecule has 1 saturated heterocycles. The highest BCUT2D eigenvalue weighted by atomic mass is 32.1. The third kappa shape index (κ3) is 10.7. The van der Waals surface area contributed by atoms with Crippen molar-refractivity contribution in [2.24, 2.45) is 0 Å². The zero-order chi connectivity index (χ0) is 20.1. The number of aliphatic carboxylic acids is 1. The standard InChI is InChI=1S/C8H10O2S.C8H12OS.C4H7BO/c1-6(4-8(9)10)7-2-3-11-5-7;1-7(2-4-9)8-3-5-10-6-8;5-4-2-1-3-6-4/h2-3,5-6H,4H2,1H3,(H,9,10);3,5-7,9H,2,4H2,1H3;4H,1-3H2. The highest BCUT2D eigenvalue weighted by molar-refractivity contribution is 7.08. The Morgan fingerprint density at radius 2 is 1.81 bits per heavy atom. The van der Waals surface area contributed by atoms with E-state index in [-0.39, 0.29) is 24.9 Å². The molecule has 2 aromatic heterocycles. The molecular formula is C20H29BO4S2. The number of carboxylic acids is 1. The molecule has 27 heavy (non-hydrogen) atoms. The van der Waals surface area contributed by atoms with Crippen molar-refractivity contribution in [2.75, 3.05) is 13.2 Å². The predicted octanol–water partition coefficient (Wildman–Crippen LogP) is 4.85. The van der Waals surface area contributed by atoms with Crippen LogP contribution in [0.1, 0.15) is 62.5 Å². The van der Waals surface area contributed by atoms with Gasteiger partial charge in [-0.15, -0.1) is 0 Å². The monoisotopic (exact) mass is 408 g/mol. The first-order valence-corrected chi connectivity index (χ1v) is 11.1. The maximum atomic E-state index is 10.3.